The van der Waals surface area contributed by atoms with Crippen LogP contribution in [-0.4, -0.2) is 22.2 Å². The lowest BCUT2D eigenvalue weighted by Gasteiger charge is -2.10. The predicted molar refractivity (Wildman–Crippen MR) is 105 cm³/mol. The zero-order valence-corrected chi connectivity index (χ0v) is 14.8. The molecule has 0 atom stereocenters. The Kier molecular flexibility index (Phi) is 4.23. The number of benzene rings is 2. The molecule has 4 heteroatoms. The summed E-state index contributed by atoms with van der Waals surface area (Å²) in [6.07, 6.45) is 3.94. The van der Waals surface area contributed by atoms with Crippen molar-refractivity contribution >= 4 is 17.0 Å². The van der Waals surface area contributed by atoms with Crippen molar-refractivity contribution in [3.63, 3.8) is 0 Å². The minimum absolute atomic E-state index is 0.701. The van der Waals surface area contributed by atoms with Crippen molar-refractivity contribution in [1.29, 1.82) is 0 Å². The van der Waals surface area contributed by atoms with Crippen LogP contribution in [0, 0.1) is 6.92 Å². The maximum absolute atomic E-state index is 5.57. The fourth-order valence-corrected chi connectivity index (χ4v) is 2.99. The topological polar surface area (TPSA) is 38.9 Å². The number of aromatic nitrogens is 2. The molecule has 4 aromatic rings. The minimum Gasteiger partial charge on any atom is -0.494 e. The lowest BCUT2D eigenvalue weighted by molar-refractivity contribution is 0.416. The van der Waals surface area contributed by atoms with E-state index in [2.05, 4.69) is 29.2 Å². The first-order valence-corrected chi connectivity index (χ1v) is 8.47. The van der Waals surface area contributed by atoms with Gasteiger partial charge < -0.3 is 9.14 Å². The van der Waals surface area contributed by atoms with Gasteiger partial charge in [-0.3, -0.25) is 0 Å². The number of imidazole rings is 1. The van der Waals surface area contributed by atoms with Gasteiger partial charge in [0.05, 0.1) is 18.5 Å². The third-order valence-electron chi connectivity index (χ3n) is 4.20. The number of hydrogen-bond acceptors (Lipinski definition) is 3. The van der Waals surface area contributed by atoms with Gasteiger partial charge in [0.1, 0.15) is 17.1 Å². The van der Waals surface area contributed by atoms with Crippen LogP contribution in [0.5, 0.6) is 5.75 Å². The summed E-state index contributed by atoms with van der Waals surface area (Å²) in [5, 5.41) is 0. The second-order valence-corrected chi connectivity index (χ2v) is 6.07. The molecule has 0 aliphatic heterocycles. The summed E-state index contributed by atoms with van der Waals surface area (Å²) < 4.78 is 7.55. The number of aryl methyl sites for hydroxylation is 1. The molecule has 2 aromatic carbocycles. The predicted octanol–water partition coefficient (Wildman–Crippen LogP) is 4.82. The summed E-state index contributed by atoms with van der Waals surface area (Å²) in [6.45, 7) is 1.97. The molecule has 4 nitrogen and oxygen atoms in total. The third-order valence-corrected chi connectivity index (χ3v) is 4.20. The van der Waals surface area contributed by atoms with Crippen molar-refractivity contribution in [3.8, 4) is 5.75 Å². The molecule has 0 aliphatic carbocycles. The largest absolute Gasteiger partial charge is 0.494 e. The molecule has 0 spiro atoms. The second-order valence-electron chi connectivity index (χ2n) is 6.07. The van der Waals surface area contributed by atoms with Gasteiger partial charge in [-0.15, -0.1) is 0 Å². The van der Waals surface area contributed by atoms with Gasteiger partial charge in [-0.25, -0.2) is 9.98 Å². The van der Waals surface area contributed by atoms with Crippen LogP contribution in [0.2, 0.25) is 0 Å². The molecule has 0 saturated carbocycles. The van der Waals surface area contributed by atoms with Crippen LogP contribution in [0.25, 0.3) is 5.65 Å². The smallest absolute Gasteiger partial charge is 0.149 e. The van der Waals surface area contributed by atoms with Crippen LogP contribution in [0.1, 0.15) is 16.8 Å². The van der Waals surface area contributed by atoms with Gasteiger partial charge in [-0.1, -0.05) is 60.7 Å². The molecule has 4 rings (SSSR count). The molecule has 2 heterocycles. The zero-order chi connectivity index (χ0) is 17.9. The van der Waals surface area contributed by atoms with Crippen LogP contribution >= 0.6 is 0 Å². The summed E-state index contributed by atoms with van der Waals surface area (Å²) >= 11 is 0. The number of rotatable bonds is 4. The minimum atomic E-state index is 0.701. The number of nitrogens with zero attached hydrogens (tertiary/aromatic N) is 3. The Balaban J connectivity index is 1.93. The number of fused-ring (bicyclic) bond motifs is 1. The van der Waals surface area contributed by atoms with E-state index < -0.39 is 0 Å². The molecule has 0 unspecified atom stereocenters. The van der Waals surface area contributed by atoms with Crippen molar-refractivity contribution in [2.45, 2.75) is 6.92 Å². The van der Waals surface area contributed by atoms with E-state index >= 15 is 0 Å². The van der Waals surface area contributed by atoms with Gasteiger partial charge in [0, 0.05) is 29.6 Å². The van der Waals surface area contributed by atoms with E-state index in [-0.39, 0.29) is 0 Å². The van der Waals surface area contributed by atoms with Crippen molar-refractivity contribution in [1.82, 2.24) is 9.38 Å². The van der Waals surface area contributed by atoms with Crippen LogP contribution in [0.3, 0.4) is 0 Å². The lowest BCUT2D eigenvalue weighted by atomic mass is 10.0. The van der Waals surface area contributed by atoms with Gasteiger partial charge in [0.2, 0.25) is 0 Å². The van der Waals surface area contributed by atoms with Gasteiger partial charge in [-0.05, 0) is 6.92 Å². The molecule has 0 saturated heterocycles. The monoisotopic (exact) mass is 341 g/mol. The Bertz CT molecular complexity index is 1030. The fraction of sp³-hybridized carbons (Fsp3) is 0.0909. The molecular formula is C22H19N3O. The van der Waals surface area contributed by atoms with Crippen LogP contribution in [0.4, 0.5) is 5.69 Å². The molecule has 0 bridgehead atoms. The molecular weight excluding hydrogens is 322 g/mol. The average molecular weight is 341 g/mol. The SMILES string of the molecule is COc1cc2nc(C)cn2cc1N=C(c1ccccc1)c1ccccc1. The van der Waals surface area contributed by atoms with E-state index in [0.717, 1.165) is 33.9 Å². The highest BCUT2D eigenvalue weighted by molar-refractivity contribution is 6.14. The highest BCUT2D eigenvalue weighted by Crippen LogP contribution is 2.30. The number of methoxy groups -OCH3 is 1. The summed E-state index contributed by atoms with van der Waals surface area (Å²) in [7, 11) is 1.66. The maximum Gasteiger partial charge on any atom is 0.149 e. The van der Waals surface area contributed by atoms with E-state index in [9.17, 15) is 0 Å². The molecule has 0 aliphatic rings. The summed E-state index contributed by atoms with van der Waals surface area (Å²) in [5.74, 6) is 0.701. The fourth-order valence-electron chi connectivity index (χ4n) is 2.99. The number of ether oxygens (including phenoxy) is 1. The summed E-state index contributed by atoms with van der Waals surface area (Å²) in [6, 6.07) is 22.3. The zero-order valence-electron chi connectivity index (χ0n) is 14.8. The molecule has 128 valence electrons. The van der Waals surface area contributed by atoms with Gasteiger partial charge in [0.25, 0.3) is 0 Å². The van der Waals surface area contributed by atoms with Crippen molar-refractivity contribution < 1.29 is 4.74 Å². The van der Waals surface area contributed by atoms with E-state index in [1.165, 1.54) is 0 Å². The molecule has 0 N–H and O–H groups in total. The van der Waals surface area contributed by atoms with Gasteiger partial charge in [0.15, 0.2) is 0 Å². The third kappa shape index (κ3) is 3.09. The van der Waals surface area contributed by atoms with E-state index in [0.29, 0.717) is 5.75 Å². The summed E-state index contributed by atoms with van der Waals surface area (Å²) in [5.41, 5.74) is 5.59. The van der Waals surface area contributed by atoms with Gasteiger partial charge in [-0.2, -0.15) is 0 Å². The molecule has 2 aromatic heterocycles. The quantitative estimate of drug-likeness (QED) is 0.499. The number of aliphatic imine (C=N–C) groups is 1. The Morgan fingerprint density at radius 2 is 1.54 bits per heavy atom. The van der Waals surface area contributed by atoms with Crippen LogP contribution < -0.4 is 4.74 Å². The van der Waals surface area contributed by atoms with Gasteiger partial charge >= 0.3 is 0 Å². The Hall–Kier alpha value is -3.40. The first-order chi connectivity index (χ1) is 12.7. The van der Waals surface area contributed by atoms with Crippen molar-refractivity contribution in [2.24, 2.45) is 4.99 Å². The molecule has 0 fully saturated rings. The average Bonchev–Trinajstić information content (AvgIpc) is 3.05. The Labute approximate surface area is 152 Å². The number of pyridine rings is 1. The normalized spacial score (nSPS) is 10.7. The summed E-state index contributed by atoms with van der Waals surface area (Å²) in [4.78, 5) is 9.47. The van der Waals surface area contributed by atoms with E-state index in [1.807, 2.05) is 66.2 Å². The Morgan fingerprint density at radius 1 is 0.923 bits per heavy atom. The Morgan fingerprint density at radius 3 is 2.12 bits per heavy atom. The lowest BCUT2D eigenvalue weighted by Crippen LogP contribution is -2.03. The first-order valence-electron chi connectivity index (χ1n) is 8.47. The van der Waals surface area contributed by atoms with Crippen molar-refractivity contribution in [3.05, 3.63) is 95.9 Å². The highest BCUT2D eigenvalue weighted by Gasteiger charge is 2.11. The van der Waals surface area contributed by atoms with E-state index in [1.54, 1.807) is 7.11 Å². The second kappa shape index (κ2) is 6.84. The molecule has 0 radical (unpaired) electrons. The molecule has 26 heavy (non-hydrogen) atoms. The first kappa shape index (κ1) is 16.1. The van der Waals surface area contributed by atoms with E-state index in [4.69, 9.17) is 9.73 Å². The highest BCUT2D eigenvalue weighted by atomic mass is 16.5. The maximum atomic E-state index is 5.57. The van der Waals surface area contributed by atoms with Crippen LogP contribution in [-0.2, 0) is 0 Å². The number of hydrogen-bond donors (Lipinski definition) is 0. The van der Waals surface area contributed by atoms with Crippen LogP contribution in [0.15, 0.2) is 84.1 Å². The van der Waals surface area contributed by atoms with Crippen molar-refractivity contribution in [2.75, 3.05) is 7.11 Å². The molecule has 0 amide bonds. The standard InChI is InChI=1S/C22H19N3O/c1-16-14-25-15-19(20(26-2)13-21(25)23-16)24-22(17-9-5-3-6-10-17)18-11-7-4-8-12-18/h3-15H,1-2H3.